The van der Waals surface area contributed by atoms with E-state index in [9.17, 15) is 14.7 Å². The van der Waals surface area contributed by atoms with E-state index in [2.05, 4.69) is 0 Å². The van der Waals surface area contributed by atoms with Crippen LogP contribution in [0.25, 0.3) is 0 Å². The second-order valence-corrected chi connectivity index (χ2v) is 8.74. The van der Waals surface area contributed by atoms with Crippen molar-refractivity contribution in [2.75, 3.05) is 0 Å². The van der Waals surface area contributed by atoms with E-state index in [0.717, 1.165) is 36.8 Å². The van der Waals surface area contributed by atoms with Gasteiger partial charge in [0.25, 0.3) is 0 Å². The molecule has 3 atom stereocenters. The molecule has 5 rings (SSSR count). The van der Waals surface area contributed by atoms with Crippen LogP contribution in [0.1, 0.15) is 43.2 Å². The summed E-state index contributed by atoms with van der Waals surface area (Å²) in [5, 5.41) is 10.2. The SMILES string of the molecule is O=C(N1[C@H]2CC[C@@H]1[C@](Cc1ccccc1)(C(=O)O)C2)C1(c2ccccc2)CC1. The number of carbonyl (C=O) groups excluding carboxylic acids is 1. The maximum absolute atomic E-state index is 13.7. The average molecular weight is 375 g/mol. The van der Waals surface area contributed by atoms with Gasteiger partial charge in [-0.25, -0.2) is 0 Å². The number of fused-ring (bicyclic) bond motifs is 2. The zero-order valence-corrected chi connectivity index (χ0v) is 15.9. The largest absolute Gasteiger partial charge is 0.481 e. The fourth-order valence-electron chi connectivity index (χ4n) is 5.70. The first-order valence-corrected chi connectivity index (χ1v) is 10.2. The Bertz CT molecular complexity index is 906. The Morgan fingerprint density at radius 3 is 2.21 bits per heavy atom. The number of carbonyl (C=O) groups is 2. The lowest BCUT2D eigenvalue weighted by atomic mass is 9.70. The lowest BCUT2D eigenvalue weighted by molar-refractivity contribution is -0.151. The molecule has 28 heavy (non-hydrogen) atoms. The van der Waals surface area contributed by atoms with Crippen molar-refractivity contribution in [2.24, 2.45) is 5.41 Å². The summed E-state index contributed by atoms with van der Waals surface area (Å²) in [4.78, 5) is 28.2. The molecule has 0 unspecified atom stereocenters. The van der Waals surface area contributed by atoms with Crippen LogP contribution >= 0.6 is 0 Å². The summed E-state index contributed by atoms with van der Waals surface area (Å²) in [5.41, 5.74) is 0.820. The van der Waals surface area contributed by atoms with Gasteiger partial charge in [-0.05, 0) is 49.7 Å². The Labute approximate surface area is 165 Å². The zero-order valence-electron chi connectivity index (χ0n) is 15.9. The van der Waals surface area contributed by atoms with Crippen LogP contribution in [0.4, 0.5) is 0 Å². The van der Waals surface area contributed by atoms with Crippen molar-refractivity contribution in [1.82, 2.24) is 4.90 Å². The van der Waals surface area contributed by atoms with Gasteiger partial charge in [0.2, 0.25) is 5.91 Å². The third-order valence-corrected chi connectivity index (χ3v) is 7.25. The molecule has 2 aliphatic heterocycles. The zero-order chi connectivity index (χ0) is 19.4. The van der Waals surface area contributed by atoms with Crippen LogP contribution in [-0.4, -0.2) is 34.0 Å². The molecule has 2 heterocycles. The first kappa shape index (κ1) is 17.5. The number of benzene rings is 2. The van der Waals surface area contributed by atoms with E-state index in [-0.39, 0.29) is 18.0 Å². The van der Waals surface area contributed by atoms with Gasteiger partial charge in [-0.3, -0.25) is 9.59 Å². The summed E-state index contributed by atoms with van der Waals surface area (Å²) < 4.78 is 0. The summed E-state index contributed by atoms with van der Waals surface area (Å²) in [7, 11) is 0. The highest BCUT2D eigenvalue weighted by Gasteiger charge is 2.65. The summed E-state index contributed by atoms with van der Waals surface area (Å²) in [6.45, 7) is 0. The Morgan fingerprint density at radius 1 is 0.964 bits per heavy atom. The van der Waals surface area contributed by atoms with Crippen LogP contribution in [0.2, 0.25) is 0 Å². The number of hydrogen-bond acceptors (Lipinski definition) is 2. The maximum Gasteiger partial charge on any atom is 0.312 e. The molecular weight excluding hydrogens is 350 g/mol. The van der Waals surface area contributed by atoms with E-state index in [0.29, 0.717) is 12.8 Å². The molecule has 3 aliphatic rings. The van der Waals surface area contributed by atoms with E-state index in [1.54, 1.807) is 0 Å². The number of aliphatic carboxylic acids is 1. The molecule has 0 spiro atoms. The van der Waals surface area contributed by atoms with Gasteiger partial charge in [-0.15, -0.1) is 0 Å². The fraction of sp³-hybridized carbons (Fsp3) is 0.417. The Morgan fingerprint density at radius 2 is 1.61 bits per heavy atom. The standard InChI is InChI=1S/C24H25NO3/c26-21(23(13-14-23)18-9-5-2-6-10-18)25-19-11-12-20(25)24(16-19,22(27)28)15-17-7-3-1-4-8-17/h1-10,19-20H,11-16H2,(H,27,28)/t19-,20+,24+/m0/s1. The highest BCUT2D eigenvalue weighted by Crippen LogP contribution is 2.57. The van der Waals surface area contributed by atoms with Crippen molar-refractivity contribution in [3.05, 3.63) is 71.8 Å². The first-order valence-electron chi connectivity index (χ1n) is 10.2. The van der Waals surface area contributed by atoms with Crippen LogP contribution in [0.3, 0.4) is 0 Å². The van der Waals surface area contributed by atoms with Crippen LogP contribution in [-0.2, 0) is 21.4 Å². The number of hydrogen-bond donors (Lipinski definition) is 1. The molecule has 4 heteroatoms. The minimum absolute atomic E-state index is 0.0542. The number of carboxylic acids is 1. The second kappa shape index (κ2) is 6.20. The summed E-state index contributed by atoms with van der Waals surface area (Å²) in [6.07, 6.45) is 4.51. The van der Waals surface area contributed by atoms with Gasteiger partial charge in [0.05, 0.1) is 10.8 Å². The van der Waals surface area contributed by atoms with Gasteiger partial charge in [-0.1, -0.05) is 60.7 Å². The van der Waals surface area contributed by atoms with E-state index >= 15 is 0 Å². The van der Waals surface area contributed by atoms with Crippen LogP contribution in [0.15, 0.2) is 60.7 Å². The molecule has 2 saturated heterocycles. The van der Waals surface area contributed by atoms with Gasteiger partial charge in [0, 0.05) is 12.1 Å². The average Bonchev–Trinajstić information content (AvgIpc) is 3.35. The summed E-state index contributed by atoms with van der Waals surface area (Å²) in [6, 6.07) is 19.7. The quantitative estimate of drug-likeness (QED) is 0.865. The number of rotatable bonds is 5. The van der Waals surface area contributed by atoms with Gasteiger partial charge in [-0.2, -0.15) is 0 Å². The Balaban J connectivity index is 1.48. The van der Waals surface area contributed by atoms with Crippen molar-refractivity contribution >= 4 is 11.9 Å². The lowest BCUT2D eigenvalue weighted by Gasteiger charge is -2.34. The number of amides is 1. The summed E-state index contributed by atoms with van der Waals surface area (Å²) >= 11 is 0. The normalized spacial score (nSPS) is 29.6. The topological polar surface area (TPSA) is 57.6 Å². The lowest BCUT2D eigenvalue weighted by Crippen LogP contribution is -2.48. The maximum atomic E-state index is 13.7. The molecule has 2 aromatic carbocycles. The molecule has 2 bridgehead atoms. The van der Waals surface area contributed by atoms with Gasteiger partial charge in [0.15, 0.2) is 0 Å². The minimum Gasteiger partial charge on any atom is -0.481 e. The van der Waals surface area contributed by atoms with Crippen molar-refractivity contribution in [1.29, 1.82) is 0 Å². The molecule has 1 saturated carbocycles. The minimum atomic E-state index is -0.868. The molecular formula is C24H25NO3. The molecule has 3 fully saturated rings. The summed E-state index contributed by atoms with van der Waals surface area (Å²) in [5.74, 6) is -0.603. The predicted octanol–water partition coefficient (Wildman–Crippen LogP) is 3.80. The predicted molar refractivity (Wildman–Crippen MR) is 106 cm³/mol. The van der Waals surface area contributed by atoms with E-state index < -0.39 is 16.8 Å². The van der Waals surface area contributed by atoms with Crippen molar-refractivity contribution in [2.45, 2.75) is 56.0 Å². The highest BCUT2D eigenvalue weighted by molar-refractivity contribution is 5.93. The Kier molecular flexibility index (Phi) is 3.87. The van der Waals surface area contributed by atoms with Crippen LogP contribution in [0.5, 0.6) is 0 Å². The number of carboxylic acid groups (broad SMARTS) is 1. The third-order valence-electron chi connectivity index (χ3n) is 7.25. The molecule has 0 aromatic heterocycles. The molecule has 4 nitrogen and oxygen atoms in total. The Hall–Kier alpha value is -2.62. The van der Waals surface area contributed by atoms with Gasteiger partial charge in [0.1, 0.15) is 0 Å². The second-order valence-electron chi connectivity index (χ2n) is 8.74. The molecule has 144 valence electrons. The smallest absolute Gasteiger partial charge is 0.312 e. The van der Waals surface area contributed by atoms with Gasteiger partial charge >= 0.3 is 5.97 Å². The van der Waals surface area contributed by atoms with Crippen LogP contribution in [0, 0.1) is 5.41 Å². The molecule has 0 radical (unpaired) electrons. The van der Waals surface area contributed by atoms with Crippen molar-refractivity contribution in [3.63, 3.8) is 0 Å². The monoisotopic (exact) mass is 375 g/mol. The number of nitrogens with zero attached hydrogens (tertiary/aromatic N) is 1. The van der Waals surface area contributed by atoms with Crippen molar-refractivity contribution < 1.29 is 14.7 Å². The van der Waals surface area contributed by atoms with Crippen LogP contribution < -0.4 is 0 Å². The molecule has 1 aliphatic carbocycles. The van der Waals surface area contributed by atoms with E-state index in [4.69, 9.17) is 0 Å². The van der Waals surface area contributed by atoms with Gasteiger partial charge < -0.3 is 10.0 Å². The highest BCUT2D eigenvalue weighted by atomic mass is 16.4. The van der Waals surface area contributed by atoms with Crippen molar-refractivity contribution in [3.8, 4) is 0 Å². The molecule has 2 aromatic rings. The first-order chi connectivity index (χ1) is 13.6. The molecule has 1 amide bonds. The van der Waals surface area contributed by atoms with E-state index in [1.807, 2.05) is 65.6 Å². The third kappa shape index (κ3) is 2.43. The van der Waals surface area contributed by atoms with E-state index in [1.165, 1.54) is 0 Å². The fourth-order valence-corrected chi connectivity index (χ4v) is 5.70. The molecule has 1 N–H and O–H groups in total.